The summed E-state index contributed by atoms with van der Waals surface area (Å²) < 4.78 is 27.5. The van der Waals surface area contributed by atoms with Crippen LogP contribution in [0.1, 0.15) is 11.1 Å². The second kappa shape index (κ2) is 7.56. The van der Waals surface area contributed by atoms with Gasteiger partial charge in [-0.3, -0.25) is 0 Å². The number of rotatable bonds is 3. The molecule has 4 nitrogen and oxygen atoms in total. The third-order valence-electron chi connectivity index (χ3n) is 4.65. The van der Waals surface area contributed by atoms with Crippen molar-refractivity contribution in [3.8, 4) is 0 Å². The minimum atomic E-state index is -3.67. The minimum Gasteiger partial charge on any atom is -0.369 e. The second-order valence-electron chi connectivity index (χ2n) is 6.31. The van der Waals surface area contributed by atoms with Crippen LogP contribution in [0.2, 0.25) is 15.1 Å². The van der Waals surface area contributed by atoms with Gasteiger partial charge < -0.3 is 4.90 Å². The van der Waals surface area contributed by atoms with Gasteiger partial charge in [-0.1, -0.05) is 40.9 Å². The van der Waals surface area contributed by atoms with Crippen molar-refractivity contribution < 1.29 is 8.42 Å². The number of hydrogen-bond donors (Lipinski definition) is 0. The first-order valence-corrected chi connectivity index (χ1v) is 10.7. The van der Waals surface area contributed by atoms with Crippen LogP contribution in [0.15, 0.2) is 35.2 Å². The molecule has 2 aromatic rings. The Morgan fingerprint density at radius 3 is 2.19 bits per heavy atom. The van der Waals surface area contributed by atoms with E-state index in [-0.39, 0.29) is 9.92 Å². The molecule has 0 radical (unpaired) electrons. The molecule has 140 valence electrons. The molecule has 2 aromatic carbocycles. The molecule has 0 aromatic heterocycles. The average molecular weight is 434 g/mol. The molecule has 0 spiro atoms. The molecule has 1 heterocycles. The van der Waals surface area contributed by atoms with Gasteiger partial charge in [0.05, 0.1) is 5.02 Å². The van der Waals surface area contributed by atoms with Gasteiger partial charge in [-0.2, -0.15) is 4.31 Å². The van der Waals surface area contributed by atoms with Crippen LogP contribution in [0, 0.1) is 13.8 Å². The SMILES string of the molecule is Cc1cc(S(=O)(=O)N2CCN(c3cccc(Cl)c3C)CC2)c(Cl)cc1Cl. The zero-order chi connectivity index (χ0) is 19.1. The van der Waals surface area contributed by atoms with Crippen molar-refractivity contribution in [3.05, 3.63) is 56.5 Å². The van der Waals surface area contributed by atoms with Gasteiger partial charge in [0.15, 0.2) is 0 Å². The Bertz CT molecular complexity index is 940. The topological polar surface area (TPSA) is 40.6 Å². The first-order valence-electron chi connectivity index (χ1n) is 8.17. The van der Waals surface area contributed by atoms with Gasteiger partial charge in [-0.15, -0.1) is 0 Å². The maximum absolute atomic E-state index is 13.0. The van der Waals surface area contributed by atoms with Crippen molar-refractivity contribution in [3.63, 3.8) is 0 Å². The van der Waals surface area contributed by atoms with Crippen LogP contribution < -0.4 is 4.90 Å². The lowest BCUT2D eigenvalue weighted by Crippen LogP contribution is -2.48. The fourth-order valence-electron chi connectivity index (χ4n) is 3.08. The van der Waals surface area contributed by atoms with Gasteiger partial charge in [-0.25, -0.2) is 8.42 Å². The Morgan fingerprint density at radius 2 is 1.54 bits per heavy atom. The maximum Gasteiger partial charge on any atom is 0.244 e. The van der Waals surface area contributed by atoms with Crippen LogP contribution in [-0.4, -0.2) is 38.9 Å². The fourth-order valence-corrected chi connectivity index (χ4v) is 5.47. The van der Waals surface area contributed by atoms with E-state index >= 15 is 0 Å². The molecule has 0 unspecified atom stereocenters. The third-order valence-corrected chi connectivity index (χ3v) is 7.83. The van der Waals surface area contributed by atoms with Crippen molar-refractivity contribution in [2.75, 3.05) is 31.1 Å². The van der Waals surface area contributed by atoms with Gasteiger partial charge >= 0.3 is 0 Å². The highest BCUT2D eigenvalue weighted by Gasteiger charge is 2.31. The van der Waals surface area contributed by atoms with Crippen molar-refractivity contribution >= 4 is 50.5 Å². The minimum absolute atomic E-state index is 0.105. The molecular formula is C18H19Cl3N2O2S. The summed E-state index contributed by atoms with van der Waals surface area (Å²) in [6.07, 6.45) is 0. The van der Waals surface area contributed by atoms with Crippen molar-refractivity contribution in [2.24, 2.45) is 0 Å². The highest BCUT2D eigenvalue weighted by atomic mass is 35.5. The smallest absolute Gasteiger partial charge is 0.244 e. The monoisotopic (exact) mass is 432 g/mol. The molecule has 0 atom stereocenters. The number of piperazine rings is 1. The van der Waals surface area contributed by atoms with Crippen LogP contribution in [0.25, 0.3) is 0 Å². The summed E-state index contributed by atoms with van der Waals surface area (Å²) in [5.74, 6) is 0. The molecule has 0 aliphatic carbocycles. The number of aryl methyl sites for hydroxylation is 1. The van der Waals surface area contributed by atoms with E-state index in [2.05, 4.69) is 4.90 Å². The number of sulfonamides is 1. The van der Waals surface area contributed by atoms with Gasteiger partial charge in [-0.05, 0) is 49.2 Å². The molecule has 0 amide bonds. The van der Waals surface area contributed by atoms with Crippen molar-refractivity contribution in [1.82, 2.24) is 4.31 Å². The van der Waals surface area contributed by atoms with E-state index in [0.717, 1.165) is 11.3 Å². The lowest BCUT2D eigenvalue weighted by molar-refractivity contribution is 0.385. The van der Waals surface area contributed by atoms with E-state index in [9.17, 15) is 8.42 Å². The average Bonchev–Trinajstić information content (AvgIpc) is 2.60. The van der Waals surface area contributed by atoms with Gasteiger partial charge in [0.1, 0.15) is 4.90 Å². The van der Waals surface area contributed by atoms with E-state index < -0.39 is 10.0 Å². The summed E-state index contributed by atoms with van der Waals surface area (Å²) in [4.78, 5) is 2.26. The van der Waals surface area contributed by atoms with Crippen molar-refractivity contribution in [1.29, 1.82) is 0 Å². The zero-order valence-corrected chi connectivity index (χ0v) is 17.6. The summed E-state index contributed by atoms with van der Waals surface area (Å²) in [7, 11) is -3.67. The first kappa shape index (κ1) is 19.8. The first-order chi connectivity index (χ1) is 12.2. The molecule has 1 aliphatic heterocycles. The quantitative estimate of drug-likeness (QED) is 0.700. The standard InChI is InChI=1S/C18H19Cl3N2O2S/c1-12-10-18(16(21)11-15(12)20)26(24,25)23-8-6-22(7-9-23)17-5-3-4-14(19)13(17)2/h3-5,10-11H,6-9H2,1-2H3. The number of anilines is 1. The maximum atomic E-state index is 13.0. The fraction of sp³-hybridized carbons (Fsp3) is 0.333. The zero-order valence-electron chi connectivity index (χ0n) is 14.5. The Balaban J connectivity index is 1.81. The van der Waals surface area contributed by atoms with Gasteiger partial charge in [0.25, 0.3) is 0 Å². The third kappa shape index (κ3) is 3.69. The van der Waals surface area contributed by atoms with Crippen LogP contribution >= 0.6 is 34.8 Å². The van der Waals surface area contributed by atoms with Crippen molar-refractivity contribution in [2.45, 2.75) is 18.7 Å². The molecule has 1 saturated heterocycles. The molecule has 0 bridgehead atoms. The Hall–Kier alpha value is -0.980. The molecular weight excluding hydrogens is 415 g/mol. The van der Waals surface area contributed by atoms with Crippen LogP contribution in [0.4, 0.5) is 5.69 Å². The Kier molecular flexibility index (Phi) is 5.75. The highest BCUT2D eigenvalue weighted by molar-refractivity contribution is 7.89. The van der Waals surface area contributed by atoms with E-state index in [1.165, 1.54) is 16.4 Å². The predicted molar refractivity (Wildman–Crippen MR) is 108 cm³/mol. The molecule has 0 N–H and O–H groups in total. The summed E-state index contributed by atoms with van der Waals surface area (Å²) in [5.41, 5.74) is 2.72. The lowest BCUT2D eigenvalue weighted by atomic mass is 10.1. The lowest BCUT2D eigenvalue weighted by Gasteiger charge is -2.36. The van der Waals surface area contributed by atoms with E-state index in [0.29, 0.717) is 41.8 Å². The molecule has 1 fully saturated rings. The van der Waals surface area contributed by atoms with Crippen LogP contribution in [0.3, 0.4) is 0 Å². The van der Waals surface area contributed by atoms with E-state index in [1.807, 2.05) is 25.1 Å². The van der Waals surface area contributed by atoms with Gasteiger partial charge in [0, 0.05) is 41.9 Å². The summed E-state index contributed by atoms with van der Waals surface area (Å²) >= 11 is 18.4. The molecule has 3 rings (SSSR count). The van der Waals surface area contributed by atoms with Crippen LogP contribution in [-0.2, 0) is 10.0 Å². The molecule has 1 aliphatic rings. The van der Waals surface area contributed by atoms with E-state index in [1.54, 1.807) is 6.92 Å². The highest BCUT2D eigenvalue weighted by Crippen LogP contribution is 2.32. The number of benzene rings is 2. The molecule has 8 heteroatoms. The van der Waals surface area contributed by atoms with Crippen LogP contribution in [0.5, 0.6) is 0 Å². The largest absolute Gasteiger partial charge is 0.369 e. The number of hydrogen-bond acceptors (Lipinski definition) is 3. The number of halogens is 3. The number of nitrogens with zero attached hydrogens (tertiary/aromatic N) is 2. The second-order valence-corrected chi connectivity index (χ2v) is 9.43. The molecule has 26 heavy (non-hydrogen) atoms. The Labute approximate surface area is 169 Å². The Morgan fingerprint density at radius 1 is 0.885 bits per heavy atom. The predicted octanol–water partition coefficient (Wildman–Crippen LogP) is 4.77. The summed E-state index contributed by atoms with van der Waals surface area (Å²) in [5, 5.41) is 1.31. The summed E-state index contributed by atoms with van der Waals surface area (Å²) in [6.45, 7) is 5.67. The molecule has 0 saturated carbocycles. The normalized spacial score (nSPS) is 16.1. The summed E-state index contributed by atoms with van der Waals surface area (Å²) in [6, 6.07) is 8.78. The van der Waals surface area contributed by atoms with E-state index in [4.69, 9.17) is 34.8 Å². The van der Waals surface area contributed by atoms with Gasteiger partial charge in [0.2, 0.25) is 10.0 Å².